The van der Waals surface area contributed by atoms with Crippen LogP contribution in [0.15, 0.2) is 35.8 Å². The van der Waals surface area contributed by atoms with Crippen molar-refractivity contribution in [2.75, 3.05) is 25.0 Å². The Morgan fingerprint density at radius 1 is 1.23 bits per heavy atom. The third-order valence-corrected chi connectivity index (χ3v) is 5.86. The summed E-state index contributed by atoms with van der Waals surface area (Å²) in [6, 6.07) is 7.17. The van der Waals surface area contributed by atoms with Gasteiger partial charge in [-0.15, -0.1) is 11.3 Å². The molecule has 166 valence electrons. The molecule has 1 fully saturated rings. The average Bonchev–Trinajstić information content (AvgIpc) is 3.46. The van der Waals surface area contributed by atoms with E-state index in [1.807, 2.05) is 12.1 Å². The fraction of sp³-hybridized carbons (Fsp3) is 0.429. The number of rotatable bonds is 10. The van der Waals surface area contributed by atoms with Crippen molar-refractivity contribution < 1.29 is 19.1 Å². The normalized spacial score (nSPS) is 15.5. The number of carbonyl (C=O) groups is 3. The summed E-state index contributed by atoms with van der Waals surface area (Å²) in [5.74, 6) is -0.881. The Morgan fingerprint density at radius 3 is 2.77 bits per heavy atom. The summed E-state index contributed by atoms with van der Waals surface area (Å²) in [5.41, 5.74) is 0.733. The van der Waals surface area contributed by atoms with E-state index in [9.17, 15) is 14.4 Å². The summed E-state index contributed by atoms with van der Waals surface area (Å²) >= 11 is 7.54. The number of ether oxygens (including phenoxy) is 1. The molecule has 0 aliphatic carbocycles. The molecule has 2 aromatic rings. The summed E-state index contributed by atoms with van der Waals surface area (Å²) < 4.78 is 5.51. The van der Waals surface area contributed by atoms with Crippen LogP contribution >= 0.6 is 22.9 Å². The second-order valence-corrected chi connectivity index (χ2v) is 8.47. The van der Waals surface area contributed by atoms with Gasteiger partial charge in [-0.1, -0.05) is 29.8 Å². The number of hydrogen-bond donors (Lipinski definition) is 2. The Bertz CT molecular complexity index is 887. The maximum Gasteiger partial charge on any atom is 0.239 e. The molecular formula is C21H25ClN4O4S. The first kappa shape index (κ1) is 23.2. The lowest BCUT2D eigenvalue weighted by Gasteiger charge is -2.23. The average molecular weight is 465 g/mol. The van der Waals surface area contributed by atoms with Crippen LogP contribution in [-0.4, -0.2) is 53.4 Å². The maximum atomic E-state index is 12.8. The second kappa shape index (κ2) is 11.8. The zero-order chi connectivity index (χ0) is 22.1. The van der Waals surface area contributed by atoms with Gasteiger partial charge in [-0.25, -0.2) is 4.98 Å². The highest BCUT2D eigenvalue weighted by Gasteiger charge is 2.21. The Morgan fingerprint density at radius 2 is 2.06 bits per heavy atom. The number of hydrogen-bond acceptors (Lipinski definition) is 6. The van der Waals surface area contributed by atoms with Gasteiger partial charge in [0.15, 0.2) is 5.13 Å². The van der Waals surface area contributed by atoms with Crippen molar-refractivity contribution >= 4 is 45.8 Å². The molecule has 2 heterocycles. The van der Waals surface area contributed by atoms with Crippen LogP contribution < -0.4 is 10.6 Å². The largest absolute Gasteiger partial charge is 0.376 e. The van der Waals surface area contributed by atoms with Gasteiger partial charge in [0.1, 0.15) is 0 Å². The summed E-state index contributed by atoms with van der Waals surface area (Å²) in [5, 5.41) is 8.23. The molecule has 0 bridgehead atoms. The fourth-order valence-corrected chi connectivity index (χ4v) is 3.91. The highest BCUT2D eigenvalue weighted by molar-refractivity contribution is 7.13. The molecule has 8 nitrogen and oxygen atoms in total. The maximum absolute atomic E-state index is 12.8. The van der Waals surface area contributed by atoms with Crippen molar-refractivity contribution in [1.29, 1.82) is 0 Å². The molecule has 1 aliphatic rings. The molecule has 31 heavy (non-hydrogen) atoms. The van der Waals surface area contributed by atoms with Gasteiger partial charge in [0, 0.05) is 49.1 Å². The fourth-order valence-electron chi connectivity index (χ4n) is 3.17. The van der Waals surface area contributed by atoms with Crippen molar-refractivity contribution in [2.24, 2.45) is 0 Å². The van der Waals surface area contributed by atoms with E-state index in [4.69, 9.17) is 16.3 Å². The van der Waals surface area contributed by atoms with Gasteiger partial charge in [-0.2, -0.15) is 0 Å². The van der Waals surface area contributed by atoms with Gasteiger partial charge in [-0.05, 0) is 24.5 Å². The van der Waals surface area contributed by atoms with E-state index in [1.54, 1.807) is 23.7 Å². The van der Waals surface area contributed by atoms with Crippen LogP contribution in [0.1, 0.15) is 31.2 Å². The number of amides is 3. The Labute approximate surface area is 189 Å². The molecule has 1 aromatic carbocycles. The first-order valence-electron chi connectivity index (χ1n) is 10.1. The molecule has 0 unspecified atom stereocenters. The van der Waals surface area contributed by atoms with Crippen LogP contribution in [0.3, 0.4) is 0 Å². The van der Waals surface area contributed by atoms with Crippen LogP contribution in [0.25, 0.3) is 0 Å². The molecule has 1 atom stereocenters. The predicted molar refractivity (Wildman–Crippen MR) is 119 cm³/mol. The molecule has 0 radical (unpaired) electrons. The van der Waals surface area contributed by atoms with Crippen LogP contribution in [-0.2, 0) is 25.7 Å². The van der Waals surface area contributed by atoms with Crippen LogP contribution in [0.2, 0.25) is 5.02 Å². The van der Waals surface area contributed by atoms with Gasteiger partial charge in [0.05, 0.1) is 12.6 Å². The molecule has 2 N–H and O–H groups in total. The first-order valence-corrected chi connectivity index (χ1v) is 11.4. The van der Waals surface area contributed by atoms with Crippen molar-refractivity contribution in [2.45, 2.75) is 38.3 Å². The van der Waals surface area contributed by atoms with E-state index >= 15 is 0 Å². The lowest BCUT2D eigenvalue weighted by atomic mass is 10.2. The SMILES string of the molecule is O=C(CN(Cc1ccccc1Cl)C(=O)CCC(=O)Nc1nccs1)NC[C@H]1CCCO1. The molecule has 1 aliphatic heterocycles. The van der Waals surface area contributed by atoms with Crippen molar-refractivity contribution in [1.82, 2.24) is 15.2 Å². The zero-order valence-electron chi connectivity index (χ0n) is 17.0. The highest BCUT2D eigenvalue weighted by atomic mass is 35.5. The van der Waals surface area contributed by atoms with E-state index in [-0.39, 0.29) is 49.8 Å². The van der Waals surface area contributed by atoms with Crippen LogP contribution in [0.5, 0.6) is 0 Å². The highest BCUT2D eigenvalue weighted by Crippen LogP contribution is 2.18. The number of nitrogens with one attached hydrogen (secondary N) is 2. The Balaban J connectivity index is 1.56. The Kier molecular flexibility index (Phi) is 8.81. The quantitative estimate of drug-likeness (QED) is 0.563. The molecule has 10 heteroatoms. The summed E-state index contributed by atoms with van der Waals surface area (Å²) in [6.45, 7) is 1.19. The minimum atomic E-state index is -0.304. The number of nitrogens with zero attached hydrogens (tertiary/aromatic N) is 2. The third-order valence-electron chi connectivity index (χ3n) is 4.80. The number of thiazole rings is 1. The Hall–Kier alpha value is -2.49. The van der Waals surface area contributed by atoms with Gasteiger partial charge < -0.3 is 20.3 Å². The number of aromatic nitrogens is 1. The molecule has 1 saturated heterocycles. The number of halogens is 1. The number of anilines is 1. The predicted octanol–water partition coefficient (Wildman–Crippen LogP) is 2.84. The summed E-state index contributed by atoms with van der Waals surface area (Å²) in [7, 11) is 0. The molecule has 0 saturated carbocycles. The van der Waals surface area contributed by atoms with E-state index in [0.29, 0.717) is 23.3 Å². The number of benzene rings is 1. The van der Waals surface area contributed by atoms with Gasteiger partial charge in [0.25, 0.3) is 0 Å². The summed E-state index contributed by atoms with van der Waals surface area (Å²) in [6.07, 6.45) is 3.48. The van der Waals surface area contributed by atoms with E-state index < -0.39 is 0 Å². The van der Waals surface area contributed by atoms with E-state index in [1.165, 1.54) is 16.2 Å². The lowest BCUT2D eigenvalue weighted by Crippen LogP contribution is -2.42. The van der Waals surface area contributed by atoms with Crippen molar-refractivity contribution in [3.63, 3.8) is 0 Å². The lowest BCUT2D eigenvalue weighted by molar-refractivity contribution is -0.137. The molecule has 3 amide bonds. The topological polar surface area (TPSA) is 101 Å². The molecule has 3 rings (SSSR count). The molecule has 0 spiro atoms. The zero-order valence-corrected chi connectivity index (χ0v) is 18.6. The van der Waals surface area contributed by atoms with Gasteiger partial charge in [0.2, 0.25) is 17.7 Å². The number of carbonyl (C=O) groups excluding carboxylic acids is 3. The monoisotopic (exact) mass is 464 g/mol. The smallest absolute Gasteiger partial charge is 0.239 e. The second-order valence-electron chi connectivity index (χ2n) is 7.17. The standard InChI is InChI=1S/C21H25ClN4O4S/c22-17-6-2-1-4-15(17)13-26(14-19(28)24-12-16-5-3-10-30-16)20(29)8-7-18(27)25-21-23-9-11-31-21/h1-2,4,6,9,11,16H,3,5,7-8,10,12-14H2,(H,24,28)(H,23,25,27)/t16-/m1/s1. The van der Waals surface area contributed by atoms with Crippen LogP contribution in [0, 0.1) is 0 Å². The third kappa shape index (κ3) is 7.61. The minimum Gasteiger partial charge on any atom is -0.376 e. The minimum absolute atomic E-state index is 0.00499. The molecule has 1 aromatic heterocycles. The van der Waals surface area contributed by atoms with E-state index in [2.05, 4.69) is 15.6 Å². The van der Waals surface area contributed by atoms with Gasteiger partial charge in [-0.3, -0.25) is 14.4 Å². The van der Waals surface area contributed by atoms with E-state index in [0.717, 1.165) is 18.4 Å². The van der Waals surface area contributed by atoms with Crippen LogP contribution in [0.4, 0.5) is 5.13 Å². The van der Waals surface area contributed by atoms with Gasteiger partial charge >= 0.3 is 0 Å². The molecular weight excluding hydrogens is 440 g/mol. The van der Waals surface area contributed by atoms with Crippen molar-refractivity contribution in [3.05, 3.63) is 46.4 Å². The van der Waals surface area contributed by atoms with Crippen molar-refractivity contribution in [3.8, 4) is 0 Å². The summed E-state index contributed by atoms with van der Waals surface area (Å²) in [4.78, 5) is 42.8. The first-order chi connectivity index (χ1) is 15.0.